The van der Waals surface area contributed by atoms with Crippen LogP contribution in [0.1, 0.15) is 11.4 Å². The molecular weight excluding hydrogens is 438 g/mol. The number of nitrogens with two attached hydrogens (primary N) is 1. The van der Waals surface area contributed by atoms with Gasteiger partial charge in [-0.1, -0.05) is 23.2 Å². The molecule has 0 unspecified atom stereocenters. The summed E-state index contributed by atoms with van der Waals surface area (Å²) in [5.74, 6) is 0. The van der Waals surface area contributed by atoms with Crippen LogP contribution < -0.4 is 5.73 Å². The number of aryl methyl sites for hydroxylation is 1. The molecule has 0 saturated heterocycles. The molecule has 1 aromatic heterocycles. The molecule has 7 nitrogen and oxygen atoms in total. The normalized spacial score (nSPS) is 12.6. The first kappa shape index (κ1) is 21.6. The number of aliphatic imine (C=N–C) groups is 1. The minimum Gasteiger partial charge on any atom is -0.388 e. The van der Waals surface area contributed by atoms with Crippen molar-refractivity contribution >= 4 is 41.2 Å². The average Bonchev–Trinajstić information content (AvgIpc) is 2.93. The Morgan fingerprint density at radius 1 is 1.25 bits per heavy atom. The van der Waals surface area contributed by atoms with Gasteiger partial charge in [-0.2, -0.15) is 28.8 Å². The summed E-state index contributed by atoms with van der Waals surface area (Å²) in [5.41, 5.74) is 0.826. The number of nitrogens with zero attached hydrogens (tertiary/aromatic N) is 6. The number of halogens is 5. The molecule has 0 spiro atoms. The Bertz CT molecular complexity index is 1040. The zero-order valence-electron chi connectivity index (χ0n) is 13.8. The third-order valence-electron chi connectivity index (χ3n) is 3.04. The lowest BCUT2D eigenvalue weighted by Gasteiger charge is -2.10. The van der Waals surface area contributed by atoms with Crippen LogP contribution in [0, 0.1) is 29.6 Å². The van der Waals surface area contributed by atoms with Gasteiger partial charge in [0.2, 0.25) is 0 Å². The van der Waals surface area contributed by atoms with Crippen LogP contribution in [-0.4, -0.2) is 26.7 Å². The number of aromatic nitrogens is 3. The van der Waals surface area contributed by atoms with Gasteiger partial charge in [-0.25, -0.2) is 4.99 Å². The molecule has 0 aliphatic rings. The molecule has 1 heterocycles. The highest BCUT2D eigenvalue weighted by Crippen LogP contribution is 2.41. The van der Waals surface area contributed by atoms with Gasteiger partial charge in [0.1, 0.15) is 29.2 Å². The lowest BCUT2D eigenvalue weighted by atomic mass is 10.3. The van der Waals surface area contributed by atoms with Crippen molar-refractivity contribution in [2.24, 2.45) is 10.7 Å². The van der Waals surface area contributed by atoms with E-state index >= 15 is 0 Å². The fraction of sp³-hybridized carbons (Fsp3) is 0.133. The minimum atomic E-state index is -4.49. The predicted octanol–water partition coefficient (Wildman–Crippen LogP) is 4.13. The third-order valence-corrected chi connectivity index (χ3v) is 4.32. The van der Waals surface area contributed by atoms with E-state index in [2.05, 4.69) is 15.2 Å². The van der Waals surface area contributed by atoms with E-state index in [4.69, 9.17) is 39.5 Å². The monoisotopic (exact) mass is 445 g/mol. The molecule has 0 saturated carbocycles. The quantitative estimate of drug-likeness (QED) is 0.429. The average molecular weight is 446 g/mol. The van der Waals surface area contributed by atoms with E-state index in [1.54, 1.807) is 19.1 Å². The first-order valence-corrected chi connectivity index (χ1v) is 8.66. The Morgan fingerprint density at radius 3 is 2.36 bits per heavy atom. The number of allylic oxidation sites excluding steroid dienone is 2. The number of hydrogen-bond donors (Lipinski definition) is 1. The highest BCUT2D eigenvalue weighted by Gasteiger charge is 2.30. The van der Waals surface area contributed by atoms with Crippen LogP contribution in [0.4, 0.5) is 13.2 Å². The second kappa shape index (κ2) is 8.52. The van der Waals surface area contributed by atoms with Crippen molar-refractivity contribution in [1.82, 2.24) is 15.0 Å². The zero-order chi connectivity index (χ0) is 21.1. The van der Waals surface area contributed by atoms with E-state index in [-0.39, 0.29) is 49.5 Å². The number of nitriles is 2. The molecule has 0 amide bonds. The van der Waals surface area contributed by atoms with E-state index in [1.807, 2.05) is 0 Å². The summed E-state index contributed by atoms with van der Waals surface area (Å²) in [4.78, 5) is 4.63. The van der Waals surface area contributed by atoms with Gasteiger partial charge in [0.05, 0.1) is 22.0 Å². The van der Waals surface area contributed by atoms with Crippen molar-refractivity contribution < 1.29 is 13.2 Å². The summed E-state index contributed by atoms with van der Waals surface area (Å²) in [7, 11) is 0. The smallest absolute Gasteiger partial charge is 0.388 e. The highest BCUT2D eigenvalue weighted by molar-refractivity contribution is 8.00. The van der Waals surface area contributed by atoms with Crippen molar-refractivity contribution in [1.29, 1.82) is 10.5 Å². The lowest BCUT2D eigenvalue weighted by molar-refractivity contribution is -0.0328. The second-order valence-electron chi connectivity index (χ2n) is 4.99. The first-order chi connectivity index (χ1) is 13.1. The van der Waals surface area contributed by atoms with Gasteiger partial charge in [0.15, 0.2) is 5.70 Å². The molecule has 0 bridgehead atoms. The number of hydrogen-bond acceptors (Lipinski definition) is 7. The third kappa shape index (κ3) is 5.16. The molecule has 0 radical (unpaired) electrons. The van der Waals surface area contributed by atoms with Crippen molar-refractivity contribution in [2.45, 2.75) is 17.3 Å². The predicted molar refractivity (Wildman–Crippen MR) is 98.1 cm³/mol. The summed E-state index contributed by atoms with van der Waals surface area (Å²) in [6, 6.07) is 5.45. The summed E-state index contributed by atoms with van der Waals surface area (Å²) >= 11 is 11.8. The standard InChI is InChI=1S/C15H8Cl2F3N7S/c1-7-13(6-24-12(5-22)11(23)4-21)26-27(25-7)14-9(16)2-8(3-10(14)17)28-15(18,19)20/h2-3,6H,23H2,1H3. The molecule has 2 N–H and O–H groups in total. The van der Waals surface area contributed by atoms with Gasteiger partial charge in [-0.3, -0.25) is 0 Å². The Labute approximate surface area is 170 Å². The van der Waals surface area contributed by atoms with Gasteiger partial charge in [0, 0.05) is 4.90 Å². The van der Waals surface area contributed by atoms with E-state index < -0.39 is 5.51 Å². The van der Waals surface area contributed by atoms with E-state index in [1.165, 1.54) is 0 Å². The molecule has 0 fully saturated rings. The molecule has 0 aliphatic heterocycles. The number of alkyl halides is 3. The van der Waals surface area contributed by atoms with Crippen LogP contribution in [0.25, 0.3) is 5.69 Å². The fourth-order valence-corrected chi connectivity index (χ4v) is 3.26. The summed E-state index contributed by atoms with van der Waals surface area (Å²) in [6.45, 7) is 1.57. The van der Waals surface area contributed by atoms with Crippen LogP contribution >= 0.6 is 35.0 Å². The topological polar surface area (TPSA) is 117 Å². The molecule has 0 atom stereocenters. The largest absolute Gasteiger partial charge is 0.446 e. The van der Waals surface area contributed by atoms with Crippen LogP contribution in [0.2, 0.25) is 10.0 Å². The van der Waals surface area contributed by atoms with Crippen LogP contribution in [-0.2, 0) is 0 Å². The van der Waals surface area contributed by atoms with Crippen molar-refractivity contribution in [2.75, 3.05) is 0 Å². The summed E-state index contributed by atoms with van der Waals surface area (Å²) in [6.07, 6.45) is 1.16. The first-order valence-electron chi connectivity index (χ1n) is 7.09. The maximum absolute atomic E-state index is 12.5. The Kier molecular flexibility index (Phi) is 6.56. The maximum atomic E-state index is 12.5. The van der Waals surface area contributed by atoms with Crippen molar-refractivity contribution in [3.8, 4) is 17.8 Å². The number of thioether (sulfide) groups is 1. The molecule has 13 heteroatoms. The molecule has 2 aromatic rings. The molecule has 28 heavy (non-hydrogen) atoms. The molecule has 0 aliphatic carbocycles. The molecule has 2 rings (SSSR count). The van der Waals surface area contributed by atoms with Gasteiger partial charge >= 0.3 is 5.51 Å². The van der Waals surface area contributed by atoms with Crippen molar-refractivity contribution in [3.05, 3.63) is 45.0 Å². The Hall–Kier alpha value is -2.73. The zero-order valence-corrected chi connectivity index (χ0v) is 16.1. The lowest BCUT2D eigenvalue weighted by Crippen LogP contribution is -2.03. The second-order valence-corrected chi connectivity index (χ2v) is 6.94. The van der Waals surface area contributed by atoms with Crippen LogP contribution in [0.3, 0.4) is 0 Å². The molecule has 144 valence electrons. The molecular formula is C15H8Cl2F3N7S. The SMILES string of the molecule is Cc1nn(-c2c(Cl)cc(SC(F)(F)F)cc2Cl)nc1C=NC(C#N)=C(N)C#N. The van der Waals surface area contributed by atoms with E-state index in [9.17, 15) is 13.2 Å². The number of benzene rings is 1. The van der Waals surface area contributed by atoms with Gasteiger partial charge in [-0.05, 0) is 30.8 Å². The van der Waals surface area contributed by atoms with Gasteiger partial charge < -0.3 is 5.73 Å². The van der Waals surface area contributed by atoms with E-state index in [0.29, 0.717) is 5.69 Å². The number of rotatable bonds is 4. The van der Waals surface area contributed by atoms with Crippen molar-refractivity contribution in [3.63, 3.8) is 0 Å². The van der Waals surface area contributed by atoms with Gasteiger partial charge in [-0.15, -0.1) is 9.90 Å². The summed E-state index contributed by atoms with van der Waals surface area (Å²) in [5, 5.41) is 25.6. The Morgan fingerprint density at radius 2 is 1.86 bits per heavy atom. The van der Waals surface area contributed by atoms with Crippen LogP contribution in [0.15, 0.2) is 33.4 Å². The highest BCUT2D eigenvalue weighted by atomic mass is 35.5. The fourth-order valence-electron chi connectivity index (χ4n) is 1.87. The van der Waals surface area contributed by atoms with Crippen LogP contribution in [0.5, 0.6) is 0 Å². The maximum Gasteiger partial charge on any atom is 0.446 e. The van der Waals surface area contributed by atoms with Gasteiger partial charge in [0.25, 0.3) is 0 Å². The van der Waals surface area contributed by atoms with E-state index in [0.717, 1.165) is 23.1 Å². The summed E-state index contributed by atoms with van der Waals surface area (Å²) < 4.78 is 37.6. The minimum absolute atomic E-state index is 0.0743. The molecule has 1 aromatic carbocycles. The Balaban J connectivity index is 2.43.